The minimum absolute atomic E-state index is 0.200. The highest BCUT2D eigenvalue weighted by atomic mass is 35.5. The van der Waals surface area contributed by atoms with Gasteiger partial charge in [-0.1, -0.05) is 17.7 Å². The summed E-state index contributed by atoms with van der Waals surface area (Å²) in [6.45, 7) is 8.62. The number of piperidine rings is 1. The highest BCUT2D eigenvalue weighted by Crippen LogP contribution is 2.26. The molecule has 0 spiro atoms. The van der Waals surface area contributed by atoms with Crippen LogP contribution in [0.4, 0.5) is 5.69 Å². The summed E-state index contributed by atoms with van der Waals surface area (Å²) in [6, 6.07) is 6.47. The molecule has 0 aliphatic carbocycles. The van der Waals surface area contributed by atoms with Gasteiger partial charge in [-0.05, 0) is 50.9 Å². The normalized spacial score (nSPS) is 25.5. The number of carbonyl (C=O) groups excluding carboxylic acids is 1. The van der Waals surface area contributed by atoms with E-state index in [1.807, 2.05) is 12.1 Å². The number of nitrogens with zero attached hydrogens (tertiary/aromatic N) is 2. The van der Waals surface area contributed by atoms with E-state index in [-0.39, 0.29) is 5.92 Å². The third-order valence-corrected chi connectivity index (χ3v) is 5.31. The lowest BCUT2D eigenvalue weighted by Gasteiger charge is -2.39. The molecular weight excluding hydrogens is 310 g/mol. The Kier molecular flexibility index (Phi) is 5.12. The predicted octanol–water partition coefficient (Wildman–Crippen LogP) is 2.69. The molecule has 1 aromatic rings. The lowest BCUT2D eigenvalue weighted by atomic mass is 9.92. The van der Waals surface area contributed by atoms with Crippen molar-refractivity contribution in [3.8, 4) is 0 Å². The highest BCUT2D eigenvalue weighted by molar-refractivity contribution is 6.30. The first-order valence-electron chi connectivity index (χ1n) is 8.58. The zero-order valence-electron chi connectivity index (χ0n) is 14.0. The first kappa shape index (κ1) is 16.6. The van der Waals surface area contributed by atoms with Crippen LogP contribution >= 0.6 is 11.6 Å². The summed E-state index contributed by atoms with van der Waals surface area (Å²) < 4.78 is 0. The lowest BCUT2D eigenvalue weighted by molar-refractivity contribution is -0.137. The molecule has 0 aromatic heterocycles. The van der Waals surface area contributed by atoms with E-state index in [1.54, 1.807) is 0 Å². The topological polar surface area (TPSA) is 35.6 Å². The second-order valence-corrected chi connectivity index (χ2v) is 7.26. The van der Waals surface area contributed by atoms with Crippen LogP contribution < -0.4 is 10.2 Å². The third kappa shape index (κ3) is 3.81. The maximum Gasteiger partial charge on any atom is 0.225 e. The molecular formula is C18H26ClN3O. The molecule has 1 amide bonds. The summed E-state index contributed by atoms with van der Waals surface area (Å²) >= 11 is 6.13. The Morgan fingerprint density at radius 3 is 2.70 bits per heavy atom. The van der Waals surface area contributed by atoms with Crippen LogP contribution in [-0.2, 0) is 4.79 Å². The van der Waals surface area contributed by atoms with Gasteiger partial charge in [-0.2, -0.15) is 0 Å². The first-order valence-corrected chi connectivity index (χ1v) is 8.95. The Hall–Kier alpha value is -1.26. The van der Waals surface area contributed by atoms with E-state index in [0.29, 0.717) is 11.9 Å². The molecule has 2 atom stereocenters. The lowest BCUT2D eigenvalue weighted by Crippen LogP contribution is -2.52. The van der Waals surface area contributed by atoms with E-state index >= 15 is 0 Å². The van der Waals surface area contributed by atoms with Crippen molar-refractivity contribution in [3.63, 3.8) is 0 Å². The number of nitrogens with one attached hydrogen (secondary N) is 1. The Labute approximate surface area is 143 Å². The van der Waals surface area contributed by atoms with E-state index in [2.05, 4.69) is 35.0 Å². The van der Waals surface area contributed by atoms with Crippen molar-refractivity contribution in [3.05, 3.63) is 28.8 Å². The third-order valence-electron chi connectivity index (χ3n) is 5.08. The van der Waals surface area contributed by atoms with E-state index in [0.717, 1.165) is 50.6 Å². The van der Waals surface area contributed by atoms with Gasteiger partial charge in [0.05, 0.1) is 0 Å². The minimum Gasteiger partial charge on any atom is -0.368 e. The standard InChI is InChI=1S/C18H26ClN3O/c1-13-3-4-16(19)12-17(13)21-7-9-22(10-8-21)18(23)15-5-6-20-14(2)11-15/h3-4,12,14-15,20H,5-11H2,1-2H3/t14-,15-/m0/s1. The van der Waals surface area contributed by atoms with Crippen LogP contribution in [0.5, 0.6) is 0 Å². The van der Waals surface area contributed by atoms with Gasteiger partial charge >= 0.3 is 0 Å². The number of hydrogen-bond donors (Lipinski definition) is 1. The summed E-state index contributed by atoms with van der Waals surface area (Å²) in [5.74, 6) is 0.548. The van der Waals surface area contributed by atoms with Crippen molar-refractivity contribution in [1.82, 2.24) is 10.2 Å². The molecule has 0 bridgehead atoms. The summed E-state index contributed by atoms with van der Waals surface area (Å²) in [7, 11) is 0. The molecule has 4 nitrogen and oxygen atoms in total. The second-order valence-electron chi connectivity index (χ2n) is 6.82. The summed E-state index contributed by atoms with van der Waals surface area (Å²) in [5.41, 5.74) is 2.43. The van der Waals surface area contributed by atoms with Crippen molar-refractivity contribution in [2.45, 2.75) is 32.7 Å². The number of anilines is 1. The van der Waals surface area contributed by atoms with Gasteiger partial charge in [0.2, 0.25) is 5.91 Å². The summed E-state index contributed by atoms with van der Waals surface area (Å²) in [4.78, 5) is 17.1. The van der Waals surface area contributed by atoms with Crippen molar-refractivity contribution in [1.29, 1.82) is 0 Å². The van der Waals surface area contributed by atoms with Gasteiger partial charge in [0.15, 0.2) is 0 Å². The van der Waals surface area contributed by atoms with Crippen molar-refractivity contribution < 1.29 is 4.79 Å². The van der Waals surface area contributed by atoms with Gasteiger partial charge < -0.3 is 15.1 Å². The van der Waals surface area contributed by atoms with Gasteiger partial charge in [-0.3, -0.25) is 4.79 Å². The Balaban J connectivity index is 1.59. The van der Waals surface area contributed by atoms with Crippen LogP contribution in [0.2, 0.25) is 5.02 Å². The van der Waals surface area contributed by atoms with Crippen LogP contribution in [-0.4, -0.2) is 49.6 Å². The Bertz CT molecular complexity index is 569. The molecule has 126 valence electrons. The van der Waals surface area contributed by atoms with E-state index < -0.39 is 0 Å². The molecule has 0 radical (unpaired) electrons. The minimum atomic E-state index is 0.200. The number of halogens is 1. The fourth-order valence-electron chi connectivity index (χ4n) is 3.71. The largest absolute Gasteiger partial charge is 0.368 e. The Morgan fingerprint density at radius 1 is 1.26 bits per heavy atom. The average molecular weight is 336 g/mol. The van der Waals surface area contributed by atoms with Gasteiger partial charge in [0, 0.05) is 48.8 Å². The van der Waals surface area contributed by atoms with E-state index in [1.165, 1.54) is 11.3 Å². The molecule has 1 N–H and O–H groups in total. The summed E-state index contributed by atoms with van der Waals surface area (Å²) in [6.07, 6.45) is 1.93. The maximum absolute atomic E-state index is 12.7. The van der Waals surface area contributed by atoms with Crippen LogP contribution in [0, 0.1) is 12.8 Å². The Morgan fingerprint density at radius 2 is 2.00 bits per heavy atom. The molecule has 2 aliphatic rings. The van der Waals surface area contributed by atoms with Crippen molar-refractivity contribution >= 4 is 23.2 Å². The fourth-order valence-corrected chi connectivity index (χ4v) is 3.87. The van der Waals surface area contributed by atoms with Gasteiger partial charge in [-0.25, -0.2) is 0 Å². The number of hydrogen-bond acceptors (Lipinski definition) is 3. The number of benzene rings is 1. The molecule has 2 saturated heterocycles. The molecule has 2 fully saturated rings. The number of carbonyl (C=O) groups is 1. The predicted molar refractivity (Wildman–Crippen MR) is 95.2 cm³/mol. The van der Waals surface area contributed by atoms with Crippen LogP contribution in [0.25, 0.3) is 0 Å². The molecule has 3 rings (SSSR count). The van der Waals surface area contributed by atoms with Gasteiger partial charge in [-0.15, -0.1) is 0 Å². The molecule has 0 saturated carbocycles. The maximum atomic E-state index is 12.7. The van der Waals surface area contributed by atoms with Crippen LogP contribution in [0.3, 0.4) is 0 Å². The fraction of sp³-hybridized carbons (Fsp3) is 0.611. The number of aryl methyl sites for hydroxylation is 1. The zero-order valence-corrected chi connectivity index (χ0v) is 14.8. The molecule has 5 heteroatoms. The van der Waals surface area contributed by atoms with Gasteiger partial charge in [0.1, 0.15) is 0 Å². The van der Waals surface area contributed by atoms with E-state index in [9.17, 15) is 4.79 Å². The zero-order chi connectivity index (χ0) is 16.4. The smallest absolute Gasteiger partial charge is 0.225 e. The van der Waals surface area contributed by atoms with Crippen LogP contribution in [0.1, 0.15) is 25.3 Å². The van der Waals surface area contributed by atoms with E-state index in [4.69, 9.17) is 11.6 Å². The van der Waals surface area contributed by atoms with Gasteiger partial charge in [0.25, 0.3) is 0 Å². The summed E-state index contributed by atoms with van der Waals surface area (Å²) in [5, 5.41) is 4.19. The molecule has 0 unspecified atom stereocenters. The number of piperazine rings is 1. The monoisotopic (exact) mass is 335 g/mol. The second kappa shape index (κ2) is 7.10. The molecule has 1 aromatic carbocycles. The quantitative estimate of drug-likeness (QED) is 0.902. The molecule has 2 aliphatic heterocycles. The number of rotatable bonds is 2. The highest BCUT2D eigenvalue weighted by Gasteiger charge is 2.30. The van der Waals surface area contributed by atoms with Crippen molar-refractivity contribution in [2.75, 3.05) is 37.6 Å². The molecule has 23 heavy (non-hydrogen) atoms. The van der Waals surface area contributed by atoms with Crippen molar-refractivity contribution in [2.24, 2.45) is 5.92 Å². The first-order chi connectivity index (χ1) is 11.0. The molecule has 2 heterocycles. The number of amides is 1. The average Bonchev–Trinajstić information content (AvgIpc) is 2.56. The van der Waals surface area contributed by atoms with Crippen LogP contribution in [0.15, 0.2) is 18.2 Å². The SMILES string of the molecule is Cc1ccc(Cl)cc1N1CCN(C(=O)[C@H]2CCN[C@@H](C)C2)CC1.